The minimum Gasteiger partial charge on any atom is -0.550 e. The molecule has 0 aromatic rings. The average Bonchev–Trinajstić information content (AvgIpc) is 0.855. The van der Waals surface area contributed by atoms with Crippen LogP contribution in [-0.2, 0) is 87.2 Å². The Morgan fingerprint density at radius 1 is 0.153 bits per heavy atom. The van der Waals surface area contributed by atoms with E-state index in [-0.39, 0.29) is 84.1 Å². The van der Waals surface area contributed by atoms with Crippen molar-refractivity contribution >= 4 is 35.8 Å². The van der Waals surface area contributed by atoms with E-state index in [0.29, 0.717) is 0 Å². The quantitative estimate of drug-likeness (QED) is 0.0408. The van der Waals surface area contributed by atoms with Crippen molar-refractivity contribution in [2.24, 2.45) is 10.8 Å². The van der Waals surface area contributed by atoms with Gasteiger partial charge in [0.1, 0.15) is 0 Å². The molecule has 12 nitrogen and oxygen atoms in total. The Morgan fingerprint density at radius 3 is 0.333 bits per heavy atom. The molecule has 0 fully saturated rings. The van der Waals surface area contributed by atoms with E-state index in [0.717, 1.165) is 193 Å². The summed E-state index contributed by atoms with van der Waals surface area (Å²) in [4.78, 5) is 67.6. The molecule has 0 aliphatic heterocycles. The fraction of sp³-hybridized carbons (Fsp3) is 0.938. The molecule has 2 unspecified atom stereocenters. The average molecular weight is 1720 g/mol. The molecule has 0 bridgehead atoms. The van der Waals surface area contributed by atoms with Gasteiger partial charge in [-0.05, 0) is 89.9 Å². The Kier molecular flexibility index (Phi) is 102. The molecule has 0 saturated carbocycles. The van der Waals surface area contributed by atoms with Crippen molar-refractivity contribution in [3.63, 3.8) is 0 Å². The Labute approximate surface area is 725 Å². The summed E-state index contributed by atoms with van der Waals surface area (Å²) in [7, 11) is 0. The normalized spacial score (nSPS) is 12.3. The van der Waals surface area contributed by atoms with Crippen LogP contribution < -0.4 is 30.6 Å². The van der Waals surface area contributed by atoms with Crippen molar-refractivity contribution in [1.82, 2.24) is 0 Å². The third-order valence-corrected chi connectivity index (χ3v) is 24.0. The molecule has 0 aliphatic carbocycles. The Morgan fingerprint density at radius 2 is 0.243 bits per heavy atom. The molecule has 2 atom stereocenters. The Balaban J connectivity index is -0.000000657. The summed E-state index contributed by atoms with van der Waals surface area (Å²) in [6, 6.07) is 0. The zero-order chi connectivity index (χ0) is 79.3. The van der Waals surface area contributed by atoms with Crippen molar-refractivity contribution in [3.8, 4) is 0 Å². The maximum Gasteiger partial charge on any atom is 2.00 e. The van der Waals surface area contributed by atoms with Crippen LogP contribution in [0.1, 0.15) is 566 Å². The largest absolute Gasteiger partial charge is 2.00 e. The van der Waals surface area contributed by atoms with Crippen LogP contribution in [-0.4, -0.2) is 35.8 Å². The van der Waals surface area contributed by atoms with Gasteiger partial charge in [0, 0.05) is 46.6 Å². The molecule has 0 saturated heterocycles. The predicted octanol–water partition coefficient (Wildman–Crippen LogP) is 24.0. The van der Waals surface area contributed by atoms with Gasteiger partial charge in [-0.25, -0.2) is 0 Å². The van der Waals surface area contributed by atoms with Gasteiger partial charge in [0.15, 0.2) is 0 Å². The number of carboxylic acid groups (broad SMARTS) is 6. The maximum atomic E-state index is 12.8. The first-order valence-electron chi connectivity index (χ1n) is 47.9. The number of unbranched alkanes of at least 4 members (excludes halogenated alkanes) is 70. The van der Waals surface area contributed by atoms with E-state index >= 15 is 0 Å². The van der Waals surface area contributed by atoms with Crippen LogP contribution in [0.3, 0.4) is 0 Å². The molecular formula is C96H178O12Zn3. The number of carboxylic acids is 6. The van der Waals surface area contributed by atoms with Crippen molar-refractivity contribution in [2.75, 3.05) is 0 Å². The summed E-state index contributed by atoms with van der Waals surface area (Å²) in [6.45, 7) is 4.55. The van der Waals surface area contributed by atoms with Crippen LogP contribution in [0.15, 0.2) is 0 Å². The van der Waals surface area contributed by atoms with E-state index in [2.05, 4.69) is 13.8 Å². The molecular weight excluding hydrogens is 1540 g/mol. The SMILES string of the molecule is CCCCCCCCCCCCCCCCC(CCCCCCCCCCCCCCCC(=O)[O-])(CCCCCCCCCCCCCC(=O)[O-])C(=O)[O-].CCCCCCCCCCCCCCCCC(CCCCCCCCCCCCCCCC(=O)[O-])(CCCCCCCCCCCCCC(=O)[O-])C(=O)[O-].[Zn+2].[Zn+2].[Zn+2]. The second-order valence-electron chi connectivity index (χ2n) is 34.3. The molecule has 0 heterocycles. The van der Waals surface area contributed by atoms with Crippen LogP contribution in [0.4, 0.5) is 0 Å². The van der Waals surface area contributed by atoms with Crippen LogP contribution in [0.25, 0.3) is 0 Å². The first kappa shape index (κ1) is 118. The predicted molar refractivity (Wildman–Crippen MR) is 443 cm³/mol. The van der Waals surface area contributed by atoms with E-state index in [1.54, 1.807) is 0 Å². The maximum absolute atomic E-state index is 12.8. The van der Waals surface area contributed by atoms with Gasteiger partial charge >= 0.3 is 58.4 Å². The smallest absolute Gasteiger partial charge is 0.550 e. The van der Waals surface area contributed by atoms with E-state index in [9.17, 15) is 59.4 Å². The van der Waals surface area contributed by atoms with E-state index in [4.69, 9.17) is 0 Å². The molecule has 0 amide bonds. The molecule has 0 aromatic carbocycles. The number of rotatable bonds is 92. The van der Waals surface area contributed by atoms with Crippen molar-refractivity contribution in [2.45, 2.75) is 566 Å². The topological polar surface area (TPSA) is 241 Å². The second-order valence-corrected chi connectivity index (χ2v) is 34.3. The number of hydrogen-bond donors (Lipinski definition) is 0. The van der Waals surface area contributed by atoms with Gasteiger partial charge in [-0.15, -0.1) is 0 Å². The van der Waals surface area contributed by atoms with E-state index in [1.807, 2.05) is 0 Å². The third kappa shape index (κ3) is 90.9. The third-order valence-electron chi connectivity index (χ3n) is 24.0. The Hall–Kier alpha value is -1.31. The minimum absolute atomic E-state index is 0. The van der Waals surface area contributed by atoms with Crippen LogP contribution in [0.2, 0.25) is 0 Å². The van der Waals surface area contributed by atoms with Crippen LogP contribution >= 0.6 is 0 Å². The fourth-order valence-corrected chi connectivity index (χ4v) is 16.7. The summed E-state index contributed by atoms with van der Waals surface area (Å²) >= 11 is 0. The molecule has 0 rings (SSSR count). The van der Waals surface area contributed by atoms with Gasteiger partial charge in [-0.2, -0.15) is 0 Å². The van der Waals surface area contributed by atoms with Gasteiger partial charge in [-0.1, -0.05) is 476 Å². The first-order valence-corrected chi connectivity index (χ1v) is 47.9. The molecule has 0 aliphatic rings. The molecule has 15 heteroatoms. The van der Waals surface area contributed by atoms with Crippen LogP contribution in [0, 0.1) is 10.8 Å². The number of hydrogen-bond acceptors (Lipinski definition) is 12. The van der Waals surface area contributed by atoms with E-state index < -0.39 is 46.6 Å². The van der Waals surface area contributed by atoms with Gasteiger partial charge in [0.05, 0.1) is 0 Å². The minimum atomic E-state index is -0.939. The monoisotopic (exact) mass is 1720 g/mol. The van der Waals surface area contributed by atoms with Gasteiger partial charge in [0.2, 0.25) is 0 Å². The Bertz CT molecular complexity index is 1810. The van der Waals surface area contributed by atoms with Crippen LogP contribution in [0.5, 0.6) is 0 Å². The van der Waals surface area contributed by atoms with Gasteiger partial charge in [-0.3, -0.25) is 0 Å². The van der Waals surface area contributed by atoms with Crippen molar-refractivity contribution in [3.05, 3.63) is 0 Å². The fourth-order valence-electron chi connectivity index (χ4n) is 16.7. The molecule has 0 radical (unpaired) electrons. The summed E-state index contributed by atoms with van der Waals surface area (Å²) < 4.78 is 0. The zero-order valence-corrected chi connectivity index (χ0v) is 82.7. The molecule has 111 heavy (non-hydrogen) atoms. The first-order chi connectivity index (χ1) is 52.7. The van der Waals surface area contributed by atoms with Crippen molar-refractivity contribution < 1.29 is 118 Å². The summed E-state index contributed by atoms with van der Waals surface area (Å²) in [5.74, 6) is -5.34. The number of carbonyl (C=O) groups excluding carboxylic acids is 6. The van der Waals surface area contributed by atoms with Gasteiger partial charge in [0.25, 0.3) is 0 Å². The number of aliphatic carboxylic acids is 6. The molecule has 0 aromatic heterocycles. The summed E-state index contributed by atoms with van der Waals surface area (Å²) in [5, 5.41) is 67.6. The zero-order valence-electron chi connectivity index (χ0n) is 73.8. The van der Waals surface area contributed by atoms with Crippen molar-refractivity contribution in [1.29, 1.82) is 0 Å². The molecule has 640 valence electrons. The summed E-state index contributed by atoms with van der Waals surface area (Å²) in [5.41, 5.74) is -1.31. The van der Waals surface area contributed by atoms with E-state index in [1.165, 1.54) is 334 Å². The molecule has 0 N–H and O–H groups in total. The summed E-state index contributed by atoms with van der Waals surface area (Å²) in [6.07, 6.45) is 96.5. The number of carbonyl (C=O) groups is 6. The second kappa shape index (κ2) is 95.8. The standard InChI is InChI=1S/2C48H92O6.3Zn/c2*1-2-3-4-5-6-7-8-9-12-17-22-27-32-37-42-48(47(53)54,44-39-34-29-24-19-14-16-21-26-31-36-41-46(51)52)43-38-33-28-23-18-13-10-11-15-20-25-30-35-40-45(49)50;;;/h2*2-44H2,1H3,(H,49,50)(H,51,52)(H,53,54);;;/q;;3*+2/p-6. The van der Waals surface area contributed by atoms with Gasteiger partial charge < -0.3 is 59.4 Å². The molecule has 0 spiro atoms.